The fourth-order valence-electron chi connectivity index (χ4n) is 6.83. The van der Waals surface area contributed by atoms with Crippen LogP contribution in [0.15, 0.2) is 30.3 Å². The molecule has 0 aromatic heterocycles. The van der Waals surface area contributed by atoms with E-state index < -0.39 is 6.04 Å². The highest BCUT2D eigenvalue weighted by Gasteiger charge is 2.38. The summed E-state index contributed by atoms with van der Waals surface area (Å²) in [4.78, 5) is 15.8. The lowest BCUT2D eigenvalue weighted by Gasteiger charge is -2.33. The molecule has 2 aromatic carbocycles. The molecule has 0 bridgehead atoms. The molecule has 2 aliphatic heterocycles. The molecule has 3 aliphatic rings. The van der Waals surface area contributed by atoms with Gasteiger partial charge in [0.15, 0.2) is 0 Å². The molecule has 1 aliphatic carbocycles. The van der Waals surface area contributed by atoms with Crippen molar-refractivity contribution in [2.24, 2.45) is 11.1 Å². The molecule has 1 saturated heterocycles. The average molecular weight is 491 g/mol. The van der Waals surface area contributed by atoms with Gasteiger partial charge in [-0.25, -0.2) is 0 Å². The summed E-state index contributed by atoms with van der Waals surface area (Å²) in [5.41, 5.74) is 13.5. The molecule has 2 atom stereocenters. The van der Waals surface area contributed by atoms with Crippen LogP contribution in [0.25, 0.3) is 0 Å². The number of hydrogen-bond acceptors (Lipinski definition) is 5. The highest BCUT2D eigenvalue weighted by molar-refractivity contribution is 5.82. The van der Waals surface area contributed by atoms with Gasteiger partial charge in [0, 0.05) is 25.3 Å². The van der Waals surface area contributed by atoms with Gasteiger partial charge >= 0.3 is 0 Å². The molecule has 1 amide bonds. The lowest BCUT2D eigenvalue weighted by Crippen LogP contribution is -2.44. The molecule has 2 aromatic rings. The first-order valence-electron chi connectivity index (χ1n) is 13.8. The number of fused-ring (bicyclic) bond motifs is 1. The lowest BCUT2D eigenvalue weighted by atomic mass is 9.73. The molecule has 36 heavy (non-hydrogen) atoms. The van der Waals surface area contributed by atoms with E-state index in [2.05, 4.69) is 33.7 Å². The first-order chi connectivity index (χ1) is 17.3. The monoisotopic (exact) mass is 490 g/mol. The van der Waals surface area contributed by atoms with Gasteiger partial charge in [-0.05, 0) is 104 Å². The quantitative estimate of drug-likeness (QED) is 0.471. The molecule has 5 N–H and O–H groups in total. The van der Waals surface area contributed by atoms with Crippen LogP contribution in [0.5, 0.6) is 5.75 Å². The standard InChI is InChI=1S/C30H42N4O2/c1-20-14-23(35)15-21(2)24(20)17-26(31)29(36)33-28-8-12-32-27-7-6-22(16-25(27)28)18-34-13-11-30(19-34)9-4-3-5-10-30/h6-7,14-16,26,28,32,35H,3-5,8-13,17-19,31H2,1-2H3,(H,33,36). The Balaban J connectivity index is 1.24. The van der Waals surface area contributed by atoms with E-state index >= 15 is 0 Å². The van der Waals surface area contributed by atoms with E-state index in [9.17, 15) is 9.90 Å². The van der Waals surface area contributed by atoms with E-state index in [1.807, 2.05) is 13.8 Å². The SMILES string of the molecule is Cc1cc(O)cc(C)c1CC(N)C(=O)NC1CCNc2ccc(CN3CCC4(CCCCC4)C3)cc21. The fraction of sp³-hybridized carbons (Fsp3) is 0.567. The summed E-state index contributed by atoms with van der Waals surface area (Å²) in [5.74, 6) is 0.126. The number of carbonyl (C=O) groups excluding carboxylic acids is 1. The van der Waals surface area contributed by atoms with Gasteiger partial charge in [-0.15, -0.1) is 0 Å². The number of likely N-dealkylation sites (tertiary alicyclic amines) is 1. The van der Waals surface area contributed by atoms with Crippen molar-refractivity contribution in [3.63, 3.8) is 0 Å². The van der Waals surface area contributed by atoms with Gasteiger partial charge in [0.1, 0.15) is 5.75 Å². The third-order valence-corrected chi connectivity index (χ3v) is 8.84. The zero-order valence-electron chi connectivity index (χ0n) is 21.9. The molecule has 6 nitrogen and oxygen atoms in total. The number of nitrogens with zero attached hydrogens (tertiary/aromatic N) is 1. The summed E-state index contributed by atoms with van der Waals surface area (Å²) in [7, 11) is 0. The van der Waals surface area contributed by atoms with Crippen LogP contribution in [-0.4, -0.2) is 41.6 Å². The second kappa shape index (κ2) is 10.4. The van der Waals surface area contributed by atoms with E-state index in [4.69, 9.17) is 5.73 Å². The Hall–Kier alpha value is -2.57. The molecule has 0 radical (unpaired) electrons. The lowest BCUT2D eigenvalue weighted by molar-refractivity contribution is -0.123. The van der Waals surface area contributed by atoms with Crippen molar-refractivity contribution in [1.82, 2.24) is 10.2 Å². The minimum Gasteiger partial charge on any atom is -0.508 e. The third kappa shape index (κ3) is 5.40. The molecule has 2 fully saturated rings. The Morgan fingerprint density at radius 1 is 1.17 bits per heavy atom. The largest absolute Gasteiger partial charge is 0.508 e. The predicted octanol–water partition coefficient (Wildman–Crippen LogP) is 4.71. The number of amides is 1. The van der Waals surface area contributed by atoms with Crippen LogP contribution in [0.3, 0.4) is 0 Å². The fourth-order valence-corrected chi connectivity index (χ4v) is 6.83. The van der Waals surface area contributed by atoms with E-state index in [0.29, 0.717) is 11.8 Å². The predicted molar refractivity (Wildman–Crippen MR) is 145 cm³/mol. The zero-order valence-corrected chi connectivity index (χ0v) is 21.9. The Kier molecular flexibility index (Phi) is 7.27. The van der Waals surface area contributed by atoms with Crippen LogP contribution >= 0.6 is 0 Å². The van der Waals surface area contributed by atoms with Crippen LogP contribution in [0.1, 0.15) is 78.8 Å². The normalized spacial score (nSPS) is 22.1. The molecular weight excluding hydrogens is 448 g/mol. The maximum Gasteiger partial charge on any atom is 0.237 e. The Bertz CT molecular complexity index is 1090. The Morgan fingerprint density at radius 3 is 2.67 bits per heavy atom. The molecule has 2 heterocycles. The highest BCUT2D eigenvalue weighted by Crippen LogP contribution is 2.44. The summed E-state index contributed by atoms with van der Waals surface area (Å²) in [6, 6.07) is 9.50. The summed E-state index contributed by atoms with van der Waals surface area (Å²) in [6.07, 6.45) is 9.64. The van der Waals surface area contributed by atoms with Gasteiger partial charge in [0.25, 0.3) is 0 Å². The molecule has 194 valence electrons. The second-order valence-corrected chi connectivity index (χ2v) is 11.6. The number of carbonyl (C=O) groups is 1. The maximum absolute atomic E-state index is 13.1. The van der Waals surface area contributed by atoms with E-state index in [-0.39, 0.29) is 17.7 Å². The molecule has 6 heteroatoms. The maximum atomic E-state index is 13.1. The van der Waals surface area contributed by atoms with Gasteiger partial charge in [-0.3, -0.25) is 9.69 Å². The molecule has 1 saturated carbocycles. The Labute approximate surface area is 215 Å². The summed E-state index contributed by atoms with van der Waals surface area (Å²) in [5, 5.41) is 16.6. The van der Waals surface area contributed by atoms with Gasteiger partial charge in [0.2, 0.25) is 5.91 Å². The number of aromatic hydroxyl groups is 1. The minimum atomic E-state index is -0.634. The van der Waals surface area contributed by atoms with Crippen LogP contribution < -0.4 is 16.4 Å². The average Bonchev–Trinajstić information content (AvgIpc) is 3.23. The van der Waals surface area contributed by atoms with Crippen LogP contribution in [-0.2, 0) is 17.8 Å². The van der Waals surface area contributed by atoms with Crippen molar-refractivity contribution < 1.29 is 9.90 Å². The number of aryl methyl sites for hydroxylation is 2. The first-order valence-corrected chi connectivity index (χ1v) is 13.8. The van der Waals surface area contributed by atoms with Gasteiger partial charge in [-0.1, -0.05) is 31.4 Å². The van der Waals surface area contributed by atoms with Crippen molar-refractivity contribution in [2.45, 2.75) is 83.8 Å². The van der Waals surface area contributed by atoms with Crippen LogP contribution in [0.2, 0.25) is 0 Å². The van der Waals surface area contributed by atoms with Gasteiger partial charge in [-0.2, -0.15) is 0 Å². The van der Waals surface area contributed by atoms with Crippen molar-refractivity contribution in [3.05, 3.63) is 58.1 Å². The zero-order chi connectivity index (χ0) is 25.3. The van der Waals surface area contributed by atoms with E-state index in [1.54, 1.807) is 12.1 Å². The summed E-state index contributed by atoms with van der Waals surface area (Å²) in [6.45, 7) is 8.14. The number of nitrogens with one attached hydrogen (secondary N) is 2. The number of nitrogens with two attached hydrogens (primary N) is 1. The number of hydrogen-bond donors (Lipinski definition) is 4. The van der Waals surface area contributed by atoms with Gasteiger partial charge in [0.05, 0.1) is 12.1 Å². The molecular formula is C30H42N4O2. The number of anilines is 1. The summed E-state index contributed by atoms with van der Waals surface area (Å²) >= 11 is 0. The van der Waals surface area contributed by atoms with E-state index in [0.717, 1.165) is 41.9 Å². The molecule has 2 unspecified atom stereocenters. The van der Waals surface area contributed by atoms with Gasteiger partial charge < -0.3 is 21.5 Å². The number of phenols is 1. The number of rotatable bonds is 6. The van der Waals surface area contributed by atoms with Crippen molar-refractivity contribution >= 4 is 11.6 Å². The molecule has 5 rings (SSSR count). The first kappa shape index (κ1) is 25.1. The smallest absolute Gasteiger partial charge is 0.237 e. The van der Waals surface area contributed by atoms with Crippen molar-refractivity contribution in [2.75, 3.05) is 25.0 Å². The minimum absolute atomic E-state index is 0.0370. The highest BCUT2D eigenvalue weighted by atomic mass is 16.3. The summed E-state index contributed by atoms with van der Waals surface area (Å²) < 4.78 is 0. The second-order valence-electron chi connectivity index (χ2n) is 11.6. The van der Waals surface area contributed by atoms with Crippen LogP contribution in [0, 0.1) is 19.3 Å². The van der Waals surface area contributed by atoms with Crippen molar-refractivity contribution in [3.8, 4) is 5.75 Å². The topological polar surface area (TPSA) is 90.6 Å². The van der Waals surface area contributed by atoms with Crippen molar-refractivity contribution in [1.29, 1.82) is 0 Å². The Morgan fingerprint density at radius 2 is 1.92 bits per heavy atom. The molecule has 1 spiro atoms. The van der Waals surface area contributed by atoms with Crippen LogP contribution in [0.4, 0.5) is 5.69 Å². The number of benzene rings is 2. The third-order valence-electron chi connectivity index (χ3n) is 8.84. The van der Waals surface area contributed by atoms with E-state index in [1.165, 1.54) is 62.7 Å². The number of phenolic OH excluding ortho intramolecular Hbond substituents is 1.